The Balaban J connectivity index is 1.69. The third-order valence-electron chi connectivity index (χ3n) is 3.85. The van der Waals surface area contributed by atoms with Gasteiger partial charge < -0.3 is 14.5 Å². The monoisotopic (exact) mass is 352 g/mol. The van der Waals surface area contributed by atoms with Crippen molar-refractivity contribution in [2.45, 2.75) is 13.5 Å². The van der Waals surface area contributed by atoms with Gasteiger partial charge in [-0.25, -0.2) is 0 Å². The van der Waals surface area contributed by atoms with Crippen LogP contribution in [0.2, 0.25) is 0 Å². The highest BCUT2D eigenvalue weighted by molar-refractivity contribution is 6.02. The van der Waals surface area contributed by atoms with Gasteiger partial charge in [-0.2, -0.15) is 0 Å². The molecular formula is C19H16N2O5. The van der Waals surface area contributed by atoms with Crippen molar-refractivity contribution in [3.8, 4) is 5.75 Å². The first-order valence-electron chi connectivity index (χ1n) is 7.85. The zero-order chi connectivity index (χ0) is 18.5. The topological polar surface area (TPSA) is 94.6 Å². The van der Waals surface area contributed by atoms with Crippen LogP contribution in [0.3, 0.4) is 0 Å². The fourth-order valence-electron chi connectivity index (χ4n) is 2.45. The minimum Gasteiger partial charge on any atom is -0.489 e. The summed E-state index contributed by atoms with van der Waals surface area (Å²) in [6.07, 6.45) is 1.43. The van der Waals surface area contributed by atoms with Gasteiger partial charge in [0.15, 0.2) is 5.76 Å². The number of rotatable bonds is 6. The van der Waals surface area contributed by atoms with Crippen molar-refractivity contribution in [1.29, 1.82) is 0 Å². The fourth-order valence-corrected chi connectivity index (χ4v) is 2.45. The van der Waals surface area contributed by atoms with E-state index < -0.39 is 4.92 Å². The van der Waals surface area contributed by atoms with E-state index in [0.717, 1.165) is 5.56 Å². The third-order valence-corrected chi connectivity index (χ3v) is 3.85. The molecule has 0 aliphatic rings. The molecule has 0 aliphatic heterocycles. The normalized spacial score (nSPS) is 10.3. The lowest BCUT2D eigenvalue weighted by Crippen LogP contribution is -2.10. The largest absolute Gasteiger partial charge is 0.489 e. The summed E-state index contributed by atoms with van der Waals surface area (Å²) in [6.45, 7) is 1.87. The molecule has 3 rings (SSSR count). The molecule has 7 nitrogen and oxygen atoms in total. The number of hydrogen-bond acceptors (Lipinski definition) is 5. The first-order valence-corrected chi connectivity index (χ1v) is 7.85. The number of anilines is 1. The zero-order valence-electron chi connectivity index (χ0n) is 14.0. The number of nitro groups is 1. The lowest BCUT2D eigenvalue weighted by Gasteiger charge is -2.10. The van der Waals surface area contributed by atoms with E-state index in [1.165, 1.54) is 12.3 Å². The third kappa shape index (κ3) is 3.89. The molecule has 3 aromatic rings. The molecule has 1 aromatic heterocycles. The van der Waals surface area contributed by atoms with Gasteiger partial charge in [0.25, 0.3) is 11.6 Å². The van der Waals surface area contributed by atoms with Gasteiger partial charge in [-0.05, 0) is 36.8 Å². The molecule has 2 aromatic carbocycles. The number of benzene rings is 2. The van der Waals surface area contributed by atoms with Crippen LogP contribution in [-0.2, 0) is 6.61 Å². The maximum atomic E-state index is 12.0. The summed E-state index contributed by atoms with van der Waals surface area (Å²) in [5.41, 5.74) is 1.91. The molecule has 0 unspecified atom stereocenters. The van der Waals surface area contributed by atoms with Gasteiger partial charge in [-0.1, -0.05) is 18.2 Å². The number of carbonyl (C=O) groups is 1. The van der Waals surface area contributed by atoms with Gasteiger partial charge in [0.2, 0.25) is 0 Å². The Bertz CT molecular complexity index is 935. The molecule has 0 fully saturated rings. The second-order valence-electron chi connectivity index (χ2n) is 5.57. The van der Waals surface area contributed by atoms with Crippen LogP contribution in [-0.4, -0.2) is 10.8 Å². The smallest absolute Gasteiger partial charge is 0.291 e. The van der Waals surface area contributed by atoms with E-state index in [-0.39, 0.29) is 24.0 Å². The Morgan fingerprint density at radius 2 is 2.00 bits per heavy atom. The average molecular weight is 352 g/mol. The number of nitrogens with zero attached hydrogens (tertiary/aromatic N) is 1. The quantitative estimate of drug-likeness (QED) is 0.526. The van der Waals surface area contributed by atoms with Crippen LogP contribution in [0, 0.1) is 17.0 Å². The van der Waals surface area contributed by atoms with E-state index >= 15 is 0 Å². The second-order valence-corrected chi connectivity index (χ2v) is 5.57. The van der Waals surface area contributed by atoms with Crippen molar-refractivity contribution in [3.05, 3.63) is 87.9 Å². The molecule has 7 heteroatoms. The molecule has 0 atom stereocenters. The number of amides is 1. The van der Waals surface area contributed by atoms with Gasteiger partial charge in [-0.3, -0.25) is 14.9 Å². The molecule has 0 bridgehead atoms. The first kappa shape index (κ1) is 17.2. The zero-order valence-corrected chi connectivity index (χ0v) is 14.0. The fraction of sp³-hybridized carbons (Fsp3) is 0.105. The lowest BCUT2D eigenvalue weighted by atomic mass is 10.1. The van der Waals surface area contributed by atoms with E-state index in [1.54, 1.807) is 55.5 Å². The average Bonchev–Trinajstić information content (AvgIpc) is 3.16. The highest BCUT2D eigenvalue weighted by Crippen LogP contribution is 2.24. The van der Waals surface area contributed by atoms with Crippen molar-refractivity contribution in [1.82, 2.24) is 0 Å². The molecule has 1 amide bonds. The molecule has 0 saturated carbocycles. The molecule has 0 saturated heterocycles. The first-order chi connectivity index (χ1) is 12.5. The van der Waals surface area contributed by atoms with Crippen molar-refractivity contribution >= 4 is 17.3 Å². The van der Waals surface area contributed by atoms with Gasteiger partial charge in [0.1, 0.15) is 12.4 Å². The Labute approximate surface area is 149 Å². The van der Waals surface area contributed by atoms with E-state index in [1.807, 2.05) is 0 Å². The lowest BCUT2D eigenvalue weighted by molar-refractivity contribution is -0.385. The molecule has 0 radical (unpaired) electrons. The Morgan fingerprint density at radius 3 is 2.73 bits per heavy atom. The molecule has 1 heterocycles. The van der Waals surface area contributed by atoms with E-state index in [0.29, 0.717) is 17.0 Å². The van der Waals surface area contributed by atoms with Crippen LogP contribution in [0.5, 0.6) is 5.75 Å². The molecule has 0 aliphatic carbocycles. The van der Waals surface area contributed by atoms with E-state index in [9.17, 15) is 14.9 Å². The summed E-state index contributed by atoms with van der Waals surface area (Å²) in [6, 6.07) is 15.0. The number of carbonyl (C=O) groups excluding carboxylic acids is 1. The van der Waals surface area contributed by atoms with Crippen molar-refractivity contribution in [2.75, 3.05) is 5.32 Å². The summed E-state index contributed by atoms with van der Waals surface area (Å²) in [4.78, 5) is 22.6. The van der Waals surface area contributed by atoms with Crippen LogP contribution in [0.25, 0.3) is 0 Å². The predicted octanol–water partition coefficient (Wildman–Crippen LogP) is 4.33. The maximum absolute atomic E-state index is 12.0. The van der Waals surface area contributed by atoms with Crippen molar-refractivity contribution in [2.24, 2.45) is 0 Å². The minimum atomic E-state index is -0.413. The van der Waals surface area contributed by atoms with Gasteiger partial charge in [-0.15, -0.1) is 0 Å². The highest BCUT2D eigenvalue weighted by Gasteiger charge is 2.13. The van der Waals surface area contributed by atoms with Gasteiger partial charge in [0, 0.05) is 23.4 Å². The Hall–Kier alpha value is -3.61. The Kier molecular flexibility index (Phi) is 4.98. The van der Waals surface area contributed by atoms with Crippen LogP contribution in [0.1, 0.15) is 21.7 Å². The number of furan rings is 1. The van der Waals surface area contributed by atoms with Crippen LogP contribution in [0.4, 0.5) is 11.4 Å². The molecule has 0 spiro atoms. The highest BCUT2D eigenvalue weighted by atomic mass is 16.6. The summed E-state index contributed by atoms with van der Waals surface area (Å²) in [7, 11) is 0. The summed E-state index contributed by atoms with van der Waals surface area (Å²) in [5, 5.41) is 13.7. The number of nitrogens with one attached hydrogen (secondary N) is 1. The number of ether oxygens (including phenoxy) is 1. The summed E-state index contributed by atoms with van der Waals surface area (Å²) < 4.78 is 10.8. The van der Waals surface area contributed by atoms with Crippen molar-refractivity contribution < 1.29 is 18.9 Å². The van der Waals surface area contributed by atoms with E-state index in [4.69, 9.17) is 9.15 Å². The number of nitro benzene ring substituents is 1. The van der Waals surface area contributed by atoms with Gasteiger partial charge in [0.05, 0.1) is 11.2 Å². The standard InChI is InChI=1S/C19H16N2O5/c1-13-14(5-2-8-17(13)21(23)24)12-26-16-7-3-6-15(11-16)20-19(22)18-9-4-10-25-18/h2-11H,12H2,1H3,(H,20,22). The second kappa shape index (κ2) is 7.52. The predicted molar refractivity (Wildman–Crippen MR) is 95.3 cm³/mol. The minimum absolute atomic E-state index is 0.0607. The molecular weight excluding hydrogens is 336 g/mol. The van der Waals surface area contributed by atoms with Crippen LogP contribution < -0.4 is 10.1 Å². The molecule has 132 valence electrons. The van der Waals surface area contributed by atoms with Crippen LogP contribution in [0.15, 0.2) is 65.3 Å². The Morgan fingerprint density at radius 1 is 1.19 bits per heavy atom. The number of hydrogen-bond donors (Lipinski definition) is 1. The molecule has 26 heavy (non-hydrogen) atoms. The summed E-state index contributed by atoms with van der Waals surface area (Å²) in [5.74, 6) is 0.387. The van der Waals surface area contributed by atoms with Crippen molar-refractivity contribution in [3.63, 3.8) is 0 Å². The molecule has 1 N–H and O–H groups in total. The van der Waals surface area contributed by atoms with Crippen LogP contribution >= 0.6 is 0 Å². The SMILES string of the molecule is Cc1c(COc2cccc(NC(=O)c3ccco3)c2)cccc1[N+](=O)[O-]. The van der Waals surface area contributed by atoms with Gasteiger partial charge >= 0.3 is 0 Å². The van der Waals surface area contributed by atoms with E-state index in [2.05, 4.69) is 5.32 Å². The summed E-state index contributed by atoms with van der Waals surface area (Å²) >= 11 is 0. The maximum Gasteiger partial charge on any atom is 0.291 e.